The zero-order valence-corrected chi connectivity index (χ0v) is 19.0. The minimum Gasteiger partial charge on any atom is -0.467 e. The van der Waals surface area contributed by atoms with E-state index in [0.29, 0.717) is 33.4 Å². The molecule has 0 aliphatic carbocycles. The van der Waals surface area contributed by atoms with Gasteiger partial charge < -0.3 is 14.3 Å². The maximum absolute atomic E-state index is 13.4. The zero-order chi connectivity index (χ0) is 23.5. The number of fused-ring (bicyclic) bond motifs is 1. The summed E-state index contributed by atoms with van der Waals surface area (Å²) in [4.78, 5) is 31.5. The number of hydrogen-bond donors (Lipinski definition) is 1. The quantitative estimate of drug-likeness (QED) is 0.268. The van der Waals surface area contributed by atoms with Gasteiger partial charge in [0.1, 0.15) is 16.8 Å². The van der Waals surface area contributed by atoms with Crippen molar-refractivity contribution < 1.29 is 13.7 Å². The predicted molar refractivity (Wildman–Crippen MR) is 129 cm³/mol. The Balaban J connectivity index is 1.58. The number of amides is 1. The van der Waals surface area contributed by atoms with Crippen LogP contribution in [0.3, 0.4) is 0 Å². The number of aromatic nitrogens is 3. The number of para-hydroxylation sites is 1. The molecule has 0 radical (unpaired) electrons. The van der Waals surface area contributed by atoms with Crippen molar-refractivity contribution in [2.75, 3.05) is 5.32 Å². The number of nitrogens with one attached hydrogen (secondary N) is 1. The number of nitrogens with zero attached hydrogens (tertiary/aromatic N) is 3. The summed E-state index contributed by atoms with van der Waals surface area (Å²) in [6, 6.07) is 21.7. The molecule has 2 aromatic carbocycles. The van der Waals surface area contributed by atoms with Crippen LogP contribution in [-0.2, 0) is 11.3 Å². The number of furan rings is 1. The first-order valence-corrected chi connectivity index (χ1v) is 11.4. The van der Waals surface area contributed by atoms with Crippen molar-refractivity contribution >= 4 is 34.4 Å². The number of aryl methyl sites for hydroxylation is 1. The fraction of sp³-hybridized carbons (Fsp3) is 0.120. The third-order valence-corrected chi connectivity index (χ3v) is 6.41. The molecule has 3 aromatic heterocycles. The van der Waals surface area contributed by atoms with E-state index >= 15 is 0 Å². The number of carbonyl (C=O) groups excluding carboxylic acids is 1. The Kier molecular flexibility index (Phi) is 6.01. The molecule has 9 heteroatoms. The van der Waals surface area contributed by atoms with Crippen molar-refractivity contribution in [3.05, 3.63) is 106 Å². The summed E-state index contributed by atoms with van der Waals surface area (Å²) >= 11 is 1.19. The van der Waals surface area contributed by atoms with E-state index in [1.54, 1.807) is 49.6 Å². The van der Waals surface area contributed by atoms with Crippen LogP contribution >= 0.6 is 11.8 Å². The van der Waals surface area contributed by atoms with Crippen molar-refractivity contribution in [3.8, 4) is 0 Å². The first kappa shape index (κ1) is 21.7. The molecule has 0 aliphatic heterocycles. The van der Waals surface area contributed by atoms with E-state index in [2.05, 4.69) is 10.5 Å². The number of thioether (sulfide) groups is 1. The molecule has 170 valence electrons. The topological polar surface area (TPSA) is 103 Å². The lowest BCUT2D eigenvalue weighted by atomic mass is 10.1. The van der Waals surface area contributed by atoms with Crippen LogP contribution in [0.2, 0.25) is 0 Å². The molecule has 0 bridgehead atoms. The van der Waals surface area contributed by atoms with Gasteiger partial charge >= 0.3 is 0 Å². The molecule has 0 saturated heterocycles. The van der Waals surface area contributed by atoms with Crippen molar-refractivity contribution in [2.24, 2.45) is 0 Å². The summed E-state index contributed by atoms with van der Waals surface area (Å²) in [5.74, 6) is 1.21. The van der Waals surface area contributed by atoms with Crippen molar-refractivity contribution in [1.82, 2.24) is 14.7 Å². The molecule has 1 N–H and O–H groups in total. The van der Waals surface area contributed by atoms with Gasteiger partial charge in [0.05, 0.1) is 23.7 Å². The minimum absolute atomic E-state index is 0.192. The highest BCUT2D eigenvalue weighted by Gasteiger charge is 2.26. The number of hydrogen-bond acceptors (Lipinski definition) is 7. The normalized spacial score (nSPS) is 12.0. The number of anilines is 1. The average molecular weight is 473 g/mol. The van der Waals surface area contributed by atoms with Gasteiger partial charge in [0.25, 0.3) is 5.56 Å². The van der Waals surface area contributed by atoms with Gasteiger partial charge in [0.15, 0.2) is 11.0 Å². The Morgan fingerprint density at radius 3 is 2.62 bits per heavy atom. The van der Waals surface area contributed by atoms with Gasteiger partial charge in [-0.3, -0.25) is 14.2 Å². The molecule has 1 amide bonds. The average Bonchev–Trinajstić information content (AvgIpc) is 3.51. The van der Waals surface area contributed by atoms with E-state index in [9.17, 15) is 9.59 Å². The van der Waals surface area contributed by atoms with E-state index in [1.807, 2.05) is 36.4 Å². The highest BCUT2D eigenvalue weighted by atomic mass is 32.2. The Bertz CT molecular complexity index is 1490. The maximum atomic E-state index is 13.4. The first-order valence-electron chi connectivity index (χ1n) is 10.6. The third kappa shape index (κ3) is 4.51. The fourth-order valence-corrected chi connectivity index (χ4v) is 4.65. The molecule has 8 nitrogen and oxygen atoms in total. The van der Waals surface area contributed by atoms with Crippen LogP contribution in [0.5, 0.6) is 0 Å². The SMILES string of the molecule is Cc1cc(NC(=O)C(Sc2nc3ccccc3c(=O)n2Cc2ccco2)c2ccccc2)no1. The molecule has 3 heterocycles. The van der Waals surface area contributed by atoms with Gasteiger partial charge in [-0.05, 0) is 36.8 Å². The second-order valence-corrected chi connectivity index (χ2v) is 8.68. The molecule has 0 saturated carbocycles. The van der Waals surface area contributed by atoms with E-state index in [-0.39, 0.29) is 18.0 Å². The van der Waals surface area contributed by atoms with Crippen LogP contribution in [0, 0.1) is 6.92 Å². The van der Waals surface area contributed by atoms with Gasteiger partial charge in [-0.1, -0.05) is 59.4 Å². The summed E-state index contributed by atoms with van der Waals surface area (Å²) in [6.07, 6.45) is 1.56. The first-order chi connectivity index (χ1) is 16.6. The standard InChI is InChI=1S/C25H20N4O4S/c1-16-14-21(28-33-16)27-23(30)22(17-8-3-2-4-9-17)34-25-26-20-12-6-5-11-19(20)24(31)29(25)15-18-10-7-13-32-18/h2-14,22H,15H2,1H3,(H,27,28,30). The molecule has 1 atom stereocenters. The van der Waals surface area contributed by atoms with Gasteiger partial charge in [-0.25, -0.2) is 4.98 Å². The lowest BCUT2D eigenvalue weighted by Crippen LogP contribution is -2.25. The van der Waals surface area contributed by atoms with E-state index in [0.717, 1.165) is 5.56 Å². The molecule has 34 heavy (non-hydrogen) atoms. The number of rotatable bonds is 7. The highest BCUT2D eigenvalue weighted by molar-refractivity contribution is 8.00. The van der Waals surface area contributed by atoms with Gasteiger partial charge in [0, 0.05) is 6.07 Å². The van der Waals surface area contributed by atoms with Crippen LogP contribution in [0.4, 0.5) is 5.82 Å². The fourth-order valence-electron chi connectivity index (χ4n) is 3.56. The highest BCUT2D eigenvalue weighted by Crippen LogP contribution is 2.35. The summed E-state index contributed by atoms with van der Waals surface area (Å²) in [6.45, 7) is 1.94. The Morgan fingerprint density at radius 2 is 1.88 bits per heavy atom. The second kappa shape index (κ2) is 9.40. The Hall–Kier alpha value is -4.11. The Morgan fingerprint density at radius 1 is 1.09 bits per heavy atom. The van der Waals surface area contributed by atoms with E-state index in [4.69, 9.17) is 13.9 Å². The Labute approximate surface area is 198 Å². The van der Waals surface area contributed by atoms with Gasteiger partial charge in [0.2, 0.25) is 5.91 Å². The number of benzene rings is 2. The predicted octanol–water partition coefficient (Wildman–Crippen LogP) is 4.81. The maximum Gasteiger partial charge on any atom is 0.262 e. The molecular formula is C25H20N4O4S. The molecule has 0 aliphatic rings. The monoisotopic (exact) mass is 472 g/mol. The van der Waals surface area contributed by atoms with Crippen molar-refractivity contribution in [2.45, 2.75) is 23.9 Å². The van der Waals surface area contributed by atoms with Crippen molar-refractivity contribution in [3.63, 3.8) is 0 Å². The third-order valence-electron chi connectivity index (χ3n) is 5.16. The summed E-state index contributed by atoms with van der Waals surface area (Å²) in [7, 11) is 0. The van der Waals surface area contributed by atoms with Crippen LogP contribution in [0.1, 0.15) is 22.3 Å². The lowest BCUT2D eigenvalue weighted by Gasteiger charge is -2.18. The van der Waals surface area contributed by atoms with Crippen LogP contribution in [-0.4, -0.2) is 20.6 Å². The van der Waals surface area contributed by atoms with Crippen molar-refractivity contribution in [1.29, 1.82) is 0 Å². The molecule has 5 rings (SSSR count). The summed E-state index contributed by atoms with van der Waals surface area (Å²) in [5.41, 5.74) is 1.12. The molecule has 0 spiro atoms. The van der Waals surface area contributed by atoms with E-state index in [1.165, 1.54) is 16.3 Å². The number of carbonyl (C=O) groups is 1. The summed E-state index contributed by atoms with van der Waals surface area (Å²) < 4.78 is 12.1. The lowest BCUT2D eigenvalue weighted by molar-refractivity contribution is -0.115. The summed E-state index contributed by atoms with van der Waals surface area (Å²) in [5, 5.41) is 6.86. The van der Waals surface area contributed by atoms with Gasteiger partial charge in [-0.15, -0.1) is 0 Å². The second-order valence-electron chi connectivity index (χ2n) is 7.60. The zero-order valence-electron chi connectivity index (χ0n) is 18.2. The van der Waals surface area contributed by atoms with E-state index < -0.39 is 5.25 Å². The van der Waals surface area contributed by atoms with Crippen LogP contribution in [0.25, 0.3) is 10.9 Å². The molecule has 1 unspecified atom stereocenters. The molecule has 5 aromatic rings. The molecule has 0 fully saturated rings. The van der Waals surface area contributed by atoms with Crippen LogP contribution in [0.15, 0.2) is 98.0 Å². The molecular weight excluding hydrogens is 452 g/mol. The smallest absolute Gasteiger partial charge is 0.262 e. The van der Waals surface area contributed by atoms with Gasteiger partial charge in [-0.2, -0.15) is 0 Å². The largest absolute Gasteiger partial charge is 0.467 e. The minimum atomic E-state index is -0.700. The van der Waals surface area contributed by atoms with Crippen LogP contribution < -0.4 is 10.9 Å².